The van der Waals surface area contributed by atoms with E-state index in [9.17, 15) is 4.79 Å². The fourth-order valence-electron chi connectivity index (χ4n) is 2.14. The molecule has 0 atom stereocenters. The molecule has 3 aromatic rings. The van der Waals surface area contributed by atoms with Gasteiger partial charge < -0.3 is 10.6 Å². The first-order chi connectivity index (χ1) is 11.6. The molecule has 0 saturated carbocycles. The van der Waals surface area contributed by atoms with E-state index in [0.29, 0.717) is 28.0 Å². The molecule has 0 bridgehead atoms. The molecule has 0 aliphatic heterocycles. The van der Waals surface area contributed by atoms with Crippen LogP contribution in [0.1, 0.15) is 5.56 Å². The lowest BCUT2D eigenvalue weighted by Crippen LogP contribution is -2.19. The van der Waals surface area contributed by atoms with Crippen LogP contribution in [-0.2, 0) is 6.54 Å². The number of hydrogen-bond acceptors (Lipinski definition) is 2. The highest BCUT2D eigenvalue weighted by molar-refractivity contribution is 6.31. The summed E-state index contributed by atoms with van der Waals surface area (Å²) in [6.45, 7) is 0.528. The number of carbonyl (C=O) groups is 1. The lowest BCUT2D eigenvalue weighted by Gasteiger charge is -2.06. The van der Waals surface area contributed by atoms with Crippen LogP contribution in [0.15, 0.2) is 60.9 Å². The Bertz CT molecular complexity index is 846. The van der Waals surface area contributed by atoms with Crippen LogP contribution < -0.4 is 10.6 Å². The number of hydrogen-bond donors (Lipinski definition) is 2. The molecule has 0 aliphatic carbocycles. The highest BCUT2D eigenvalue weighted by atomic mass is 35.5. The van der Waals surface area contributed by atoms with E-state index < -0.39 is 0 Å². The van der Waals surface area contributed by atoms with E-state index in [1.807, 2.05) is 24.3 Å². The third-order valence-corrected chi connectivity index (χ3v) is 3.90. The standard InChI is InChI=1S/C17H14Cl2N4O/c18-13-5-7-14(8-6-13)21-17(24)22-15-9-20-23(11-15)10-12-3-1-2-4-16(12)19/h1-9,11H,10H2,(H2,21,22,24). The van der Waals surface area contributed by atoms with Crippen molar-refractivity contribution in [1.29, 1.82) is 0 Å². The topological polar surface area (TPSA) is 59.0 Å². The number of aromatic nitrogens is 2. The molecule has 0 fully saturated rings. The lowest BCUT2D eigenvalue weighted by atomic mass is 10.2. The van der Waals surface area contributed by atoms with E-state index in [0.717, 1.165) is 5.56 Å². The van der Waals surface area contributed by atoms with Gasteiger partial charge in [-0.1, -0.05) is 41.4 Å². The summed E-state index contributed by atoms with van der Waals surface area (Å²) in [6, 6.07) is 14.1. The van der Waals surface area contributed by atoms with Crippen molar-refractivity contribution in [3.8, 4) is 0 Å². The molecule has 24 heavy (non-hydrogen) atoms. The van der Waals surface area contributed by atoms with Gasteiger partial charge in [0.2, 0.25) is 0 Å². The monoisotopic (exact) mass is 360 g/mol. The van der Waals surface area contributed by atoms with Crippen LogP contribution in [-0.4, -0.2) is 15.8 Å². The van der Waals surface area contributed by atoms with Crippen LogP contribution in [0.5, 0.6) is 0 Å². The molecular weight excluding hydrogens is 347 g/mol. The second kappa shape index (κ2) is 7.38. The normalized spacial score (nSPS) is 10.4. The molecule has 0 aliphatic rings. The number of halogens is 2. The van der Waals surface area contributed by atoms with Gasteiger partial charge in [0.25, 0.3) is 0 Å². The van der Waals surface area contributed by atoms with Crippen LogP contribution in [0, 0.1) is 0 Å². The van der Waals surface area contributed by atoms with E-state index in [2.05, 4.69) is 15.7 Å². The van der Waals surface area contributed by atoms with Crippen LogP contribution in [0.4, 0.5) is 16.2 Å². The van der Waals surface area contributed by atoms with Crippen LogP contribution in [0.25, 0.3) is 0 Å². The Labute approximate surface area is 149 Å². The quantitative estimate of drug-likeness (QED) is 0.696. The number of rotatable bonds is 4. The molecule has 0 saturated heterocycles. The molecular formula is C17H14Cl2N4O. The summed E-state index contributed by atoms with van der Waals surface area (Å²) in [7, 11) is 0. The number of urea groups is 1. The van der Waals surface area contributed by atoms with Crippen molar-refractivity contribution < 1.29 is 4.79 Å². The molecule has 5 nitrogen and oxygen atoms in total. The van der Waals surface area contributed by atoms with Gasteiger partial charge in [0.05, 0.1) is 18.4 Å². The Balaban J connectivity index is 1.60. The molecule has 122 valence electrons. The zero-order valence-corrected chi connectivity index (χ0v) is 14.1. The maximum absolute atomic E-state index is 12.0. The fraction of sp³-hybridized carbons (Fsp3) is 0.0588. The minimum absolute atomic E-state index is 0.352. The molecule has 7 heteroatoms. The van der Waals surface area contributed by atoms with Gasteiger partial charge in [-0.25, -0.2) is 4.79 Å². The minimum Gasteiger partial charge on any atom is -0.308 e. The van der Waals surface area contributed by atoms with E-state index in [-0.39, 0.29) is 6.03 Å². The second-order valence-electron chi connectivity index (χ2n) is 5.10. The van der Waals surface area contributed by atoms with E-state index in [1.54, 1.807) is 41.3 Å². The molecule has 3 rings (SSSR count). The average molecular weight is 361 g/mol. The van der Waals surface area contributed by atoms with Crippen LogP contribution >= 0.6 is 23.2 Å². The van der Waals surface area contributed by atoms with Crippen molar-refractivity contribution >= 4 is 40.6 Å². The maximum Gasteiger partial charge on any atom is 0.323 e. The molecule has 1 aromatic heterocycles. The van der Waals surface area contributed by atoms with Gasteiger partial charge >= 0.3 is 6.03 Å². The number of anilines is 2. The summed E-state index contributed by atoms with van der Waals surface area (Å²) in [5.74, 6) is 0. The second-order valence-corrected chi connectivity index (χ2v) is 5.95. The molecule has 1 heterocycles. The highest BCUT2D eigenvalue weighted by Gasteiger charge is 2.06. The third kappa shape index (κ3) is 4.28. The first-order valence-electron chi connectivity index (χ1n) is 7.19. The number of nitrogens with one attached hydrogen (secondary N) is 2. The highest BCUT2D eigenvalue weighted by Crippen LogP contribution is 2.17. The molecule has 0 spiro atoms. The van der Waals surface area contributed by atoms with Crippen molar-refractivity contribution in [2.75, 3.05) is 10.6 Å². The lowest BCUT2D eigenvalue weighted by molar-refractivity contribution is 0.262. The zero-order valence-electron chi connectivity index (χ0n) is 12.5. The van der Waals surface area contributed by atoms with Gasteiger partial charge in [-0.15, -0.1) is 0 Å². The molecule has 0 radical (unpaired) electrons. The van der Waals surface area contributed by atoms with Crippen molar-refractivity contribution in [2.24, 2.45) is 0 Å². The Hall–Kier alpha value is -2.50. The Morgan fingerprint density at radius 2 is 1.71 bits per heavy atom. The molecule has 2 amide bonds. The SMILES string of the molecule is O=C(Nc1ccc(Cl)cc1)Nc1cnn(Cc2ccccc2Cl)c1. The van der Waals surface area contributed by atoms with Gasteiger partial charge in [0.1, 0.15) is 0 Å². The summed E-state index contributed by atoms with van der Waals surface area (Å²) >= 11 is 11.9. The van der Waals surface area contributed by atoms with Crippen molar-refractivity contribution in [1.82, 2.24) is 9.78 Å². The zero-order chi connectivity index (χ0) is 16.9. The van der Waals surface area contributed by atoms with Crippen LogP contribution in [0.3, 0.4) is 0 Å². The van der Waals surface area contributed by atoms with Gasteiger partial charge in [-0.2, -0.15) is 5.10 Å². The molecule has 0 unspecified atom stereocenters. The van der Waals surface area contributed by atoms with Crippen molar-refractivity contribution in [2.45, 2.75) is 6.54 Å². The third-order valence-electron chi connectivity index (χ3n) is 3.28. The Morgan fingerprint density at radius 1 is 1.00 bits per heavy atom. The van der Waals surface area contributed by atoms with E-state index >= 15 is 0 Å². The predicted octanol–water partition coefficient (Wildman–Crippen LogP) is 4.88. The minimum atomic E-state index is -0.352. The smallest absolute Gasteiger partial charge is 0.308 e. The summed E-state index contributed by atoms with van der Waals surface area (Å²) in [6.07, 6.45) is 3.32. The van der Waals surface area contributed by atoms with Gasteiger partial charge in [0.15, 0.2) is 0 Å². The fourth-order valence-corrected chi connectivity index (χ4v) is 2.46. The molecule has 2 N–H and O–H groups in total. The summed E-state index contributed by atoms with van der Waals surface area (Å²) in [4.78, 5) is 12.0. The predicted molar refractivity (Wildman–Crippen MR) is 96.9 cm³/mol. The summed E-state index contributed by atoms with van der Waals surface area (Å²) in [5.41, 5.74) is 2.20. The number of benzene rings is 2. The first kappa shape index (κ1) is 16.4. The first-order valence-corrected chi connectivity index (χ1v) is 7.95. The number of amides is 2. The summed E-state index contributed by atoms with van der Waals surface area (Å²) < 4.78 is 1.71. The van der Waals surface area contributed by atoms with Gasteiger partial charge in [-0.05, 0) is 35.9 Å². The largest absolute Gasteiger partial charge is 0.323 e. The van der Waals surface area contributed by atoms with Crippen LogP contribution in [0.2, 0.25) is 10.0 Å². The molecule has 2 aromatic carbocycles. The summed E-state index contributed by atoms with van der Waals surface area (Å²) in [5, 5.41) is 11.0. The van der Waals surface area contributed by atoms with Crippen molar-refractivity contribution in [3.63, 3.8) is 0 Å². The van der Waals surface area contributed by atoms with Crippen molar-refractivity contribution in [3.05, 3.63) is 76.5 Å². The number of carbonyl (C=O) groups excluding carboxylic acids is 1. The van der Waals surface area contributed by atoms with E-state index in [1.165, 1.54) is 0 Å². The maximum atomic E-state index is 12.0. The Morgan fingerprint density at radius 3 is 2.46 bits per heavy atom. The average Bonchev–Trinajstić information content (AvgIpc) is 2.99. The van der Waals surface area contributed by atoms with Gasteiger partial charge in [0, 0.05) is 21.9 Å². The Kier molecular flexibility index (Phi) is 5.03. The van der Waals surface area contributed by atoms with Gasteiger partial charge in [-0.3, -0.25) is 4.68 Å². The van der Waals surface area contributed by atoms with E-state index in [4.69, 9.17) is 23.2 Å². The number of nitrogens with zero attached hydrogens (tertiary/aromatic N) is 2.